The molecular formula is C21H33N3O2. The summed E-state index contributed by atoms with van der Waals surface area (Å²) in [5.41, 5.74) is 2.00. The second-order valence-corrected chi connectivity index (χ2v) is 7.40. The fourth-order valence-electron chi connectivity index (χ4n) is 3.53. The smallest absolute Gasteiger partial charge is 0.221 e. The van der Waals surface area contributed by atoms with E-state index in [1.807, 2.05) is 26.0 Å². The van der Waals surface area contributed by atoms with Gasteiger partial charge in [-0.1, -0.05) is 39.0 Å². The zero-order valence-corrected chi connectivity index (χ0v) is 16.2. The van der Waals surface area contributed by atoms with Gasteiger partial charge in [-0.15, -0.1) is 0 Å². The monoisotopic (exact) mass is 359 g/mol. The maximum atomic E-state index is 12.2. The third kappa shape index (κ3) is 7.14. The lowest BCUT2D eigenvalue weighted by atomic mass is 9.96. The minimum Gasteiger partial charge on any atom is -0.353 e. The van der Waals surface area contributed by atoms with Gasteiger partial charge in [-0.05, 0) is 43.9 Å². The molecule has 1 atom stereocenters. The predicted molar refractivity (Wildman–Crippen MR) is 104 cm³/mol. The molecule has 2 amide bonds. The van der Waals surface area contributed by atoms with Gasteiger partial charge in [-0.3, -0.25) is 14.6 Å². The molecule has 1 aliphatic rings. The summed E-state index contributed by atoms with van der Waals surface area (Å²) >= 11 is 0. The molecule has 1 aromatic rings. The van der Waals surface area contributed by atoms with E-state index < -0.39 is 0 Å². The van der Waals surface area contributed by atoms with Crippen molar-refractivity contribution in [3.05, 3.63) is 29.6 Å². The maximum Gasteiger partial charge on any atom is 0.221 e. The first-order valence-corrected chi connectivity index (χ1v) is 10.1. The Kier molecular flexibility index (Phi) is 8.59. The molecule has 0 spiro atoms. The van der Waals surface area contributed by atoms with Gasteiger partial charge in [0.05, 0.1) is 11.7 Å². The lowest BCUT2D eigenvalue weighted by molar-refractivity contribution is -0.127. The molecule has 1 saturated carbocycles. The molecule has 26 heavy (non-hydrogen) atoms. The van der Waals surface area contributed by atoms with Crippen molar-refractivity contribution >= 4 is 11.8 Å². The van der Waals surface area contributed by atoms with Crippen LogP contribution < -0.4 is 10.6 Å². The van der Waals surface area contributed by atoms with Crippen molar-refractivity contribution in [3.8, 4) is 0 Å². The topological polar surface area (TPSA) is 71.1 Å². The molecular weight excluding hydrogens is 326 g/mol. The molecule has 0 unspecified atom stereocenters. The molecule has 2 rings (SSSR count). The van der Waals surface area contributed by atoms with Crippen LogP contribution in [0.25, 0.3) is 0 Å². The molecule has 0 aromatic carbocycles. The third-order valence-electron chi connectivity index (χ3n) is 5.09. The standard InChI is InChI=1S/C21H33N3O2/c1-3-18(19-15-16(2)13-14-22-19)24-21(26)12-11-20(25)23-17-9-7-5-4-6-8-10-17/h13-15,17-18H,3-12H2,1-2H3,(H,23,25)(H,24,26)/t18-/m0/s1. The number of nitrogens with one attached hydrogen (secondary N) is 2. The summed E-state index contributed by atoms with van der Waals surface area (Å²) < 4.78 is 0. The van der Waals surface area contributed by atoms with E-state index in [2.05, 4.69) is 15.6 Å². The van der Waals surface area contributed by atoms with E-state index in [1.54, 1.807) is 6.20 Å². The van der Waals surface area contributed by atoms with Crippen LogP contribution >= 0.6 is 0 Å². The fraction of sp³-hybridized carbons (Fsp3) is 0.667. The summed E-state index contributed by atoms with van der Waals surface area (Å²) in [6.45, 7) is 4.04. The van der Waals surface area contributed by atoms with Crippen molar-refractivity contribution in [2.45, 2.75) is 90.1 Å². The van der Waals surface area contributed by atoms with Crippen LogP contribution in [0.2, 0.25) is 0 Å². The minimum atomic E-state index is -0.101. The van der Waals surface area contributed by atoms with Gasteiger partial charge >= 0.3 is 0 Å². The number of hydrogen-bond acceptors (Lipinski definition) is 3. The largest absolute Gasteiger partial charge is 0.353 e. The number of aryl methyl sites for hydroxylation is 1. The number of hydrogen-bond donors (Lipinski definition) is 2. The van der Waals surface area contributed by atoms with E-state index in [0.29, 0.717) is 0 Å². The van der Waals surface area contributed by atoms with Crippen LogP contribution in [-0.4, -0.2) is 22.8 Å². The Morgan fingerprint density at radius 2 is 1.77 bits per heavy atom. The van der Waals surface area contributed by atoms with E-state index in [-0.39, 0.29) is 36.7 Å². The van der Waals surface area contributed by atoms with Crippen molar-refractivity contribution in [2.24, 2.45) is 0 Å². The molecule has 1 fully saturated rings. The van der Waals surface area contributed by atoms with Gasteiger partial charge < -0.3 is 10.6 Å². The van der Waals surface area contributed by atoms with Gasteiger partial charge in [0, 0.05) is 25.1 Å². The summed E-state index contributed by atoms with van der Waals surface area (Å²) in [5, 5.41) is 6.12. The van der Waals surface area contributed by atoms with Crippen LogP contribution in [0.4, 0.5) is 0 Å². The summed E-state index contributed by atoms with van der Waals surface area (Å²) in [4.78, 5) is 28.8. The molecule has 0 radical (unpaired) electrons. The highest BCUT2D eigenvalue weighted by molar-refractivity contribution is 5.84. The lowest BCUT2D eigenvalue weighted by Gasteiger charge is -2.21. The van der Waals surface area contributed by atoms with E-state index in [9.17, 15) is 9.59 Å². The Hall–Kier alpha value is -1.91. The van der Waals surface area contributed by atoms with Crippen molar-refractivity contribution in [1.29, 1.82) is 0 Å². The highest BCUT2D eigenvalue weighted by Crippen LogP contribution is 2.18. The number of aromatic nitrogens is 1. The van der Waals surface area contributed by atoms with Gasteiger partial charge in [0.1, 0.15) is 0 Å². The van der Waals surface area contributed by atoms with E-state index in [1.165, 1.54) is 32.1 Å². The number of pyridine rings is 1. The number of rotatable bonds is 7. The van der Waals surface area contributed by atoms with Crippen molar-refractivity contribution in [3.63, 3.8) is 0 Å². The molecule has 0 saturated heterocycles. The highest BCUT2D eigenvalue weighted by Gasteiger charge is 2.17. The SMILES string of the molecule is CC[C@H](NC(=O)CCC(=O)NC1CCCCCCC1)c1cc(C)ccn1. The molecule has 2 N–H and O–H groups in total. The van der Waals surface area contributed by atoms with E-state index >= 15 is 0 Å². The van der Waals surface area contributed by atoms with Gasteiger partial charge in [0.2, 0.25) is 11.8 Å². The summed E-state index contributed by atoms with van der Waals surface area (Å²) in [6.07, 6.45) is 11.4. The molecule has 144 valence electrons. The fourth-order valence-corrected chi connectivity index (χ4v) is 3.53. The highest BCUT2D eigenvalue weighted by atomic mass is 16.2. The quantitative estimate of drug-likeness (QED) is 0.774. The second-order valence-electron chi connectivity index (χ2n) is 7.40. The number of carbonyl (C=O) groups is 2. The van der Waals surface area contributed by atoms with Crippen LogP contribution in [-0.2, 0) is 9.59 Å². The summed E-state index contributed by atoms with van der Waals surface area (Å²) in [5.74, 6) is -0.0968. The van der Waals surface area contributed by atoms with Crippen LogP contribution in [0.5, 0.6) is 0 Å². The average molecular weight is 360 g/mol. The Morgan fingerprint density at radius 1 is 1.12 bits per heavy atom. The summed E-state index contributed by atoms with van der Waals surface area (Å²) in [7, 11) is 0. The van der Waals surface area contributed by atoms with Crippen molar-refractivity contribution < 1.29 is 9.59 Å². The first-order valence-electron chi connectivity index (χ1n) is 10.1. The van der Waals surface area contributed by atoms with E-state index in [4.69, 9.17) is 0 Å². The zero-order chi connectivity index (χ0) is 18.8. The van der Waals surface area contributed by atoms with Gasteiger partial charge in [-0.25, -0.2) is 0 Å². The van der Waals surface area contributed by atoms with Crippen LogP contribution in [0.1, 0.15) is 88.4 Å². The van der Waals surface area contributed by atoms with Gasteiger partial charge in [0.25, 0.3) is 0 Å². The zero-order valence-electron chi connectivity index (χ0n) is 16.2. The van der Waals surface area contributed by atoms with Crippen molar-refractivity contribution in [1.82, 2.24) is 15.6 Å². The summed E-state index contributed by atoms with van der Waals surface area (Å²) in [6, 6.07) is 4.12. The Bertz CT molecular complexity index is 580. The molecule has 0 bridgehead atoms. The number of carbonyl (C=O) groups excluding carboxylic acids is 2. The molecule has 1 aromatic heterocycles. The molecule has 0 aliphatic heterocycles. The van der Waals surface area contributed by atoms with E-state index in [0.717, 1.165) is 30.5 Å². The second kappa shape index (κ2) is 10.9. The average Bonchev–Trinajstić information content (AvgIpc) is 2.60. The Labute approximate surface area is 157 Å². The van der Waals surface area contributed by atoms with Gasteiger partial charge in [0.15, 0.2) is 0 Å². The Morgan fingerprint density at radius 3 is 2.42 bits per heavy atom. The lowest BCUT2D eigenvalue weighted by Crippen LogP contribution is -2.36. The number of amides is 2. The maximum absolute atomic E-state index is 12.2. The van der Waals surface area contributed by atoms with Crippen LogP contribution in [0.3, 0.4) is 0 Å². The van der Waals surface area contributed by atoms with Gasteiger partial charge in [-0.2, -0.15) is 0 Å². The Balaban J connectivity index is 1.75. The molecule has 1 heterocycles. The third-order valence-corrected chi connectivity index (χ3v) is 5.09. The van der Waals surface area contributed by atoms with Crippen LogP contribution in [0, 0.1) is 6.92 Å². The molecule has 5 heteroatoms. The normalized spacial score (nSPS) is 17.0. The molecule has 5 nitrogen and oxygen atoms in total. The number of nitrogens with zero attached hydrogens (tertiary/aromatic N) is 1. The van der Waals surface area contributed by atoms with Crippen molar-refractivity contribution in [2.75, 3.05) is 0 Å². The predicted octanol–water partition coefficient (Wildman–Crippen LogP) is 3.97. The van der Waals surface area contributed by atoms with Crippen LogP contribution in [0.15, 0.2) is 18.3 Å². The molecule has 1 aliphatic carbocycles. The first-order chi connectivity index (χ1) is 12.6. The first kappa shape index (κ1) is 20.4. The minimum absolute atomic E-state index is 0.00699.